The first-order valence-electron chi connectivity index (χ1n) is 5.39. The second-order valence-electron chi connectivity index (χ2n) is 4.09. The summed E-state index contributed by atoms with van der Waals surface area (Å²) in [6, 6.07) is 1.65. The van der Waals surface area contributed by atoms with Crippen molar-refractivity contribution >= 4 is 18.3 Å². The first-order valence-corrected chi connectivity index (χ1v) is 5.39. The molecule has 1 aromatic heterocycles. The number of amides is 1. The summed E-state index contributed by atoms with van der Waals surface area (Å²) in [5.74, 6) is 0.559. The Hall–Kier alpha value is -1.04. The number of β-amino-alcohol motifs (C(OH)–C–C–N with tert-alkyl or cyclic N) is 1. The lowest BCUT2D eigenvalue weighted by Gasteiger charge is -2.13. The number of carbonyl (C=O) groups excluding carboxylic acids is 1. The van der Waals surface area contributed by atoms with E-state index in [1.807, 2.05) is 0 Å². The predicted molar refractivity (Wildman–Crippen MR) is 65.4 cm³/mol. The highest BCUT2D eigenvalue weighted by Crippen LogP contribution is 2.10. The molecular weight excluding hydrogens is 244 g/mol. The van der Waals surface area contributed by atoms with Crippen molar-refractivity contribution in [1.82, 2.24) is 10.6 Å². The third-order valence-corrected chi connectivity index (χ3v) is 2.93. The smallest absolute Gasteiger partial charge is 0.254 e. The molecule has 1 saturated heterocycles. The molecule has 17 heavy (non-hydrogen) atoms. The lowest BCUT2D eigenvalue weighted by atomic mass is 10.1. The molecule has 1 aromatic rings. The lowest BCUT2D eigenvalue weighted by molar-refractivity contribution is 0.0925. The summed E-state index contributed by atoms with van der Waals surface area (Å²) in [6.07, 6.45) is 1.13. The van der Waals surface area contributed by atoms with E-state index in [4.69, 9.17) is 4.42 Å². The van der Waals surface area contributed by atoms with Gasteiger partial charge in [0.15, 0.2) is 0 Å². The van der Waals surface area contributed by atoms with Gasteiger partial charge in [0.25, 0.3) is 5.91 Å². The van der Waals surface area contributed by atoms with Crippen LogP contribution in [0.5, 0.6) is 0 Å². The Morgan fingerprint density at radius 2 is 2.41 bits per heavy atom. The minimum Gasteiger partial charge on any atom is -0.469 e. The number of nitrogens with one attached hydrogen (secondary N) is 2. The Morgan fingerprint density at radius 1 is 1.65 bits per heavy atom. The van der Waals surface area contributed by atoms with Gasteiger partial charge < -0.3 is 20.2 Å². The van der Waals surface area contributed by atoms with Crippen LogP contribution in [-0.4, -0.2) is 36.8 Å². The third kappa shape index (κ3) is 3.21. The number of halogens is 1. The monoisotopic (exact) mass is 260 g/mol. The summed E-state index contributed by atoms with van der Waals surface area (Å²) in [6.45, 7) is 3.58. The molecule has 3 N–H and O–H groups in total. The number of carbonyl (C=O) groups is 1. The number of aliphatic hydroxyl groups excluding tert-OH is 1. The van der Waals surface area contributed by atoms with Crippen LogP contribution in [0.1, 0.15) is 16.1 Å². The van der Waals surface area contributed by atoms with E-state index >= 15 is 0 Å². The largest absolute Gasteiger partial charge is 0.469 e. The van der Waals surface area contributed by atoms with Crippen LogP contribution < -0.4 is 10.6 Å². The summed E-state index contributed by atoms with van der Waals surface area (Å²) < 4.78 is 5.06. The van der Waals surface area contributed by atoms with Gasteiger partial charge in [-0.2, -0.15) is 0 Å². The average Bonchev–Trinajstić information content (AvgIpc) is 2.84. The fourth-order valence-corrected chi connectivity index (χ4v) is 1.87. The summed E-state index contributed by atoms with van der Waals surface area (Å²) in [5.41, 5.74) is 0.556. The molecule has 5 nitrogen and oxygen atoms in total. The summed E-state index contributed by atoms with van der Waals surface area (Å²) in [7, 11) is 0. The van der Waals surface area contributed by atoms with Crippen LogP contribution >= 0.6 is 12.4 Å². The number of hydrogen-bond donors (Lipinski definition) is 3. The van der Waals surface area contributed by atoms with Gasteiger partial charge >= 0.3 is 0 Å². The second kappa shape index (κ2) is 6.05. The number of aliphatic hydroxyl groups is 1. The van der Waals surface area contributed by atoms with Crippen molar-refractivity contribution in [3.05, 3.63) is 23.7 Å². The molecule has 0 saturated carbocycles. The molecule has 96 valence electrons. The Kier molecular flexibility index (Phi) is 4.99. The van der Waals surface area contributed by atoms with Crippen LogP contribution in [0.3, 0.4) is 0 Å². The molecule has 0 aromatic carbocycles. The molecule has 2 heterocycles. The topological polar surface area (TPSA) is 74.5 Å². The van der Waals surface area contributed by atoms with E-state index in [0.29, 0.717) is 24.4 Å². The third-order valence-electron chi connectivity index (χ3n) is 2.93. The Bertz CT molecular complexity index is 381. The van der Waals surface area contributed by atoms with Crippen molar-refractivity contribution in [2.45, 2.75) is 13.0 Å². The van der Waals surface area contributed by atoms with E-state index < -0.39 is 0 Å². The van der Waals surface area contributed by atoms with E-state index in [-0.39, 0.29) is 30.3 Å². The molecule has 1 fully saturated rings. The van der Waals surface area contributed by atoms with Crippen molar-refractivity contribution in [1.29, 1.82) is 0 Å². The van der Waals surface area contributed by atoms with Crippen molar-refractivity contribution in [2.75, 3.05) is 19.6 Å². The summed E-state index contributed by atoms with van der Waals surface area (Å²) in [4.78, 5) is 11.7. The van der Waals surface area contributed by atoms with Crippen molar-refractivity contribution < 1.29 is 14.3 Å². The van der Waals surface area contributed by atoms with Crippen LogP contribution in [0.15, 0.2) is 16.7 Å². The maximum absolute atomic E-state index is 11.7. The number of aryl methyl sites for hydroxylation is 1. The predicted octanol–water partition coefficient (Wildman–Crippen LogP) is 0.320. The lowest BCUT2D eigenvalue weighted by Crippen LogP contribution is -2.34. The molecule has 1 aliphatic heterocycles. The molecule has 1 aliphatic rings. The van der Waals surface area contributed by atoms with E-state index in [0.717, 1.165) is 6.54 Å². The van der Waals surface area contributed by atoms with Gasteiger partial charge in [0.05, 0.1) is 17.9 Å². The number of rotatable bonds is 3. The first kappa shape index (κ1) is 14.0. The van der Waals surface area contributed by atoms with Gasteiger partial charge in [-0.3, -0.25) is 4.79 Å². The fraction of sp³-hybridized carbons (Fsp3) is 0.545. The zero-order valence-corrected chi connectivity index (χ0v) is 10.4. The van der Waals surface area contributed by atoms with Gasteiger partial charge in [0.1, 0.15) is 5.76 Å². The SMILES string of the molecule is Cc1occc1C(=O)NCC1CNCC1O.Cl. The average molecular weight is 261 g/mol. The van der Waals surface area contributed by atoms with Gasteiger partial charge in [0.2, 0.25) is 0 Å². The van der Waals surface area contributed by atoms with Crippen LogP contribution in [0.2, 0.25) is 0 Å². The van der Waals surface area contributed by atoms with E-state index in [9.17, 15) is 9.90 Å². The van der Waals surface area contributed by atoms with Gasteiger partial charge in [-0.1, -0.05) is 0 Å². The highest BCUT2D eigenvalue weighted by molar-refractivity contribution is 5.95. The maximum Gasteiger partial charge on any atom is 0.254 e. The van der Waals surface area contributed by atoms with Crippen molar-refractivity contribution in [3.8, 4) is 0 Å². The van der Waals surface area contributed by atoms with Crippen LogP contribution in [0.25, 0.3) is 0 Å². The maximum atomic E-state index is 11.7. The molecule has 0 aliphatic carbocycles. The van der Waals surface area contributed by atoms with Crippen LogP contribution in [0.4, 0.5) is 0 Å². The van der Waals surface area contributed by atoms with Crippen LogP contribution in [-0.2, 0) is 0 Å². The van der Waals surface area contributed by atoms with E-state index in [1.165, 1.54) is 6.26 Å². The summed E-state index contributed by atoms with van der Waals surface area (Å²) in [5, 5.41) is 15.4. The van der Waals surface area contributed by atoms with Crippen molar-refractivity contribution in [2.24, 2.45) is 5.92 Å². The van der Waals surface area contributed by atoms with Gasteiger partial charge in [-0.25, -0.2) is 0 Å². The Morgan fingerprint density at radius 3 is 2.94 bits per heavy atom. The molecule has 0 radical (unpaired) electrons. The van der Waals surface area contributed by atoms with Gasteiger partial charge in [-0.05, 0) is 13.0 Å². The highest BCUT2D eigenvalue weighted by atomic mass is 35.5. The van der Waals surface area contributed by atoms with Crippen molar-refractivity contribution in [3.63, 3.8) is 0 Å². The molecule has 1 amide bonds. The highest BCUT2D eigenvalue weighted by Gasteiger charge is 2.25. The molecule has 2 unspecified atom stereocenters. The number of furan rings is 1. The van der Waals surface area contributed by atoms with Gasteiger partial charge in [-0.15, -0.1) is 12.4 Å². The Labute approximate surface area is 106 Å². The molecule has 0 bridgehead atoms. The van der Waals surface area contributed by atoms with Crippen LogP contribution in [0, 0.1) is 12.8 Å². The normalized spacial score (nSPS) is 23.2. The second-order valence-corrected chi connectivity index (χ2v) is 4.09. The number of hydrogen-bond acceptors (Lipinski definition) is 4. The minimum absolute atomic E-state index is 0. The zero-order valence-electron chi connectivity index (χ0n) is 9.60. The van der Waals surface area contributed by atoms with Gasteiger partial charge in [0, 0.05) is 25.6 Å². The zero-order chi connectivity index (χ0) is 11.5. The molecular formula is C11H17ClN2O3. The minimum atomic E-state index is -0.370. The standard InChI is InChI=1S/C11H16N2O3.ClH/c1-7-9(2-3-16-7)11(15)13-5-8-4-12-6-10(8)14;/h2-3,8,10,12,14H,4-6H2,1H3,(H,13,15);1H. The summed E-state index contributed by atoms with van der Waals surface area (Å²) >= 11 is 0. The van der Waals surface area contributed by atoms with E-state index in [2.05, 4.69) is 10.6 Å². The van der Waals surface area contributed by atoms with E-state index in [1.54, 1.807) is 13.0 Å². The molecule has 2 rings (SSSR count). The molecule has 2 atom stereocenters. The first-order chi connectivity index (χ1) is 7.68. The fourth-order valence-electron chi connectivity index (χ4n) is 1.87. The Balaban J connectivity index is 0.00000144. The quantitative estimate of drug-likeness (QED) is 0.732. The molecule has 0 spiro atoms. The molecule has 6 heteroatoms.